The highest BCUT2D eigenvalue weighted by Crippen LogP contribution is 2.31. The van der Waals surface area contributed by atoms with Gasteiger partial charge in [0.1, 0.15) is 0 Å². The van der Waals surface area contributed by atoms with Gasteiger partial charge in [-0.3, -0.25) is 4.79 Å². The number of benzene rings is 1. The summed E-state index contributed by atoms with van der Waals surface area (Å²) in [5.41, 5.74) is 0.381. The zero-order valence-electron chi connectivity index (χ0n) is 11.8. The number of halogens is 3. The number of hydrogen-bond acceptors (Lipinski definition) is 4. The summed E-state index contributed by atoms with van der Waals surface area (Å²) in [6.07, 6.45) is 0.135. The van der Waals surface area contributed by atoms with Gasteiger partial charge in [-0.15, -0.1) is 0 Å². The fourth-order valence-corrected chi connectivity index (χ4v) is 2.18. The Hall–Kier alpha value is -1.82. The van der Waals surface area contributed by atoms with E-state index in [9.17, 15) is 9.59 Å². The number of anilines is 1. The molecular weight excluding hydrogens is 363 g/mol. The molecule has 1 aromatic carbocycles. The summed E-state index contributed by atoms with van der Waals surface area (Å²) in [6, 6.07) is 8.78. The molecule has 0 aliphatic heterocycles. The van der Waals surface area contributed by atoms with Gasteiger partial charge in [-0.1, -0.05) is 53.0 Å². The number of nitrogens with one attached hydrogen (secondary N) is 1. The number of hydrogen-bond donors (Lipinski definition) is 1. The van der Waals surface area contributed by atoms with E-state index in [1.54, 1.807) is 24.3 Å². The van der Waals surface area contributed by atoms with Gasteiger partial charge in [-0.25, -0.2) is 9.78 Å². The summed E-state index contributed by atoms with van der Waals surface area (Å²) >= 11 is 17.5. The summed E-state index contributed by atoms with van der Waals surface area (Å²) in [6.45, 7) is 1.43. The Morgan fingerprint density at radius 3 is 2.43 bits per heavy atom. The van der Waals surface area contributed by atoms with Crippen molar-refractivity contribution >= 4 is 52.4 Å². The van der Waals surface area contributed by atoms with E-state index in [1.807, 2.05) is 6.07 Å². The molecule has 120 valence electrons. The van der Waals surface area contributed by atoms with Crippen LogP contribution in [0.4, 0.5) is 5.69 Å². The predicted octanol–water partition coefficient (Wildman–Crippen LogP) is 4.23. The van der Waals surface area contributed by atoms with Crippen molar-refractivity contribution in [2.24, 2.45) is 0 Å². The van der Waals surface area contributed by atoms with Crippen molar-refractivity contribution in [2.75, 3.05) is 5.32 Å². The molecule has 1 heterocycles. The number of amides is 1. The molecule has 0 bridgehead atoms. The first-order valence-corrected chi connectivity index (χ1v) is 7.60. The second-order valence-corrected chi connectivity index (χ2v) is 5.65. The van der Waals surface area contributed by atoms with Crippen LogP contribution in [0.1, 0.15) is 17.4 Å². The van der Waals surface area contributed by atoms with E-state index in [2.05, 4.69) is 10.3 Å². The highest BCUT2D eigenvalue weighted by Gasteiger charge is 2.23. The van der Waals surface area contributed by atoms with E-state index in [0.29, 0.717) is 5.69 Å². The molecule has 0 saturated heterocycles. The van der Waals surface area contributed by atoms with Crippen LogP contribution in [0, 0.1) is 0 Å². The average Bonchev–Trinajstić information content (AvgIpc) is 2.53. The standard InChI is InChI=1S/C15H11Cl3N2O3/c1-8(14(21)20-9-5-3-2-4-6-9)23-15(22)13-12(18)11(17)10(16)7-19-13/h2-8H,1H3,(H,20,21)/t8-/m0/s1. The van der Waals surface area contributed by atoms with Crippen LogP contribution in [-0.4, -0.2) is 23.0 Å². The summed E-state index contributed by atoms with van der Waals surface area (Å²) in [5.74, 6) is -1.36. The first-order valence-electron chi connectivity index (χ1n) is 6.46. The van der Waals surface area contributed by atoms with Crippen LogP contribution in [0.3, 0.4) is 0 Å². The molecule has 1 amide bonds. The minimum atomic E-state index is -1.05. The van der Waals surface area contributed by atoms with Gasteiger partial charge >= 0.3 is 5.97 Å². The smallest absolute Gasteiger partial charge is 0.359 e. The zero-order chi connectivity index (χ0) is 17.0. The van der Waals surface area contributed by atoms with E-state index in [1.165, 1.54) is 13.1 Å². The minimum Gasteiger partial charge on any atom is -0.448 e. The number of carbonyl (C=O) groups excluding carboxylic acids is 2. The molecule has 1 N–H and O–H groups in total. The molecule has 2 aromatic rings. The van der Waals surface area contributed by atoms with Crippen LogP contribution in [-0.2, 0) is 9.53 Å². The van der Waals surface area contributed by atoms with Crippen molar-refractivity contribution in [2.45, 2.75) is 13.0 Å². The van der Waals surface area contributed by atoms with Crippen molar-refractivity contribution in [3.8, 4) is 0 Å². The quantitative estimate of drug-likeness (QED) is 0.815. The first kappa shape index (κ1) is 17.5. The lowest BCUT2D eigenvalue weighted by atomic mass is 10.3. The van der Waals surface area contributed by atoms with Crippen LogP contribution >= 0.6 is 34.8 Å². The molecule has 1 aromatic heterocycles. The molecular formula is C15H11Cl3N2O3. The zero-order valence-corrected chi connectivity index (χ0v) is 14.1. The second kappa shape index (κ2) is 7.64. The van der Waals surface area contributed by atoms with E-state index in [0.717, 1.165) is 0 Å². The largest absolute Gasteiger partial charge is 0.448 e. The number of esters is 1. The summed E-state index contributed by atoms with van der Waals surface area (Å²) < 4.78 is 5.05. The third kappa shape index (κ3) is 4.34. The number of rotatable bonds is 4. The number of para-hydroxylation sites is 1. The van der Waals surface area contributed by atoms with Crippen LogP contribution in [0.2, 0.25) is 15.1 Å². The average molecular weight is 374 g/mol. The lowest BCUT2D eigenvalue weighted by Gasteiger charge is -2.14. The fourth-order valence-electron chi connectivity index (χ4n) is 1.62. The second-order valence-electron chi connectivity index (χ2n) is 4.49. The summed E-state index contributed by atoms with van der Waals surface area (Å²) in [7, 11) is 0. The van der Waals surface area contributed by atoms with Crippen LogP contribution in [0.15, 0.2) is 36.5 Å². The summed E-state index contributed by atoms with van der Waals surface area (Å²) in [5, 5.41) is 2.60. The number of aromatic nitrogens is 1. The molecule has 23 heavy (non-hydrogen) atoms. The number of nitrogens with zero attached hydrogens (tertiary/aromatic N) is 1. The molecule has 0 aliphatic rings. The van der Waals surface area contributed by atoms with Gasteiger partial charge in [0, 0.05) is 11.9 Å². The third-order valence-corrected chi connectivity index (χ3v) is 4.05. The van der Waals surface area contributed by atoms with Gasteiger partial charge < -0.3 is 10.1 Å². The maximum atomic E-state index is 12.0. The summed E-state index contributed by atoms with van der Waals surface area (Å²) in [4.78, 5) is 27.8. The number of carbonyl (C=O) groups is 2. The van der Waals surface area contributed by atoms with Gasteiger partial charge in [-0.05, 0) is 19.1 Å². The molecule has 0 unspecified atom stereocenters. The van der Waals surface area contributed by atoms with Crippen molar-refractivity contribution in [3.05, 3.63) is 57.3 Å². The Balaban J connectivity index is 2.05. The maximum Gasteiger partial charge on any atom is 0.359 e. The Morgan fingerprint density at radius 2 is 1.78 bits per heavy atom. The van der Waals surface area contributed by atoms with E-state index >= 15 is 0 Å². The lowest BCUT2D eigenvalue weighted by molar-refractivity contribution is -0.123. The molecule has 0 aliphatic carbocycles. The topological polar surface area (TPSA) is 68.3 Å². The van der Waals surface area contributed by atoms with Gasteiger partial charge in [0.25, 0.3) is 5.91 Å². The van der Waals surface area contributed by atoms with E-state index < -0.39 is 18.0 Å². The monoisotopic (exact) mass is 372 g/mol. The van der Waals surface area contributed by atoms with Gasteiger partial charge in [0.15, 0.2) is 11.8 Å². The maximum absolute atomic E-state index is 12.0. The minimum absolute atomic E-state index is 0.00308. The molecule has 2 rings (SSSR count). The van der Waals surface area contributed by atoms with Gasteiger partial charge in [-0.2, -0.15) is 0 Å². The number of ether oxygens (including phenoxy) is 1. The van der Waals surface area contributed by atoms with Crippen molar-refractivity contribution < 1.29 is 14.3 Å². The lowest BCUT2D eigenvalue weighted by Crippen LogP contribution is -2.30. The van der Waals surface area contributed by atoms with Crippen molar-refractivity contribution in [1.29, 1.82) is 0 Å². The molecule has 8 heteroatoms. The molecule has 0 spiro atoms. The third-order valence-electron chi connectivity index (χ3n) is 2.81. The highest BCUT2D eigenvalue weighted by molar-refractivity contribution is 6.48. The van der Waals surface area contributed by atoms with Gasteiger partial charge in [0.2, 0.25) is 0 Å². The highest BCUT2D eigenvalue weighted by atomic mass is 35.5. The first-order chi connectivity index (χ1) is 10.9. The predicted molar refractivity (Wildman–Crippen MR) is 89.2 cm³/mol. The Labute approximate surface area is 147 Å². The van der Waals surface area contributed by atoms with Crippen molar-refractivity contribution in [1.82, 2.24) is 4.98 Å². The molecule has 0 fully saturated rings. The Kier molecular flexibility index (Phi) is 5.82. The van der Waals surface area contributed by atoms with Crippen LogP contribution in [0.5, 0.6) is 0 Å². The van der Waals surface area contributed by atoms with Crippen LogP contribution < -0.4 is 5.32 Å². The number of pyridine rings is 1. The van der Waals surface area contributed by atoms with Crippen LogP contribution in [0.25, 0.3) is 0 Å². The van der Waals surface area contributed by atoms with E-state index in [4.69, 9.17) is 39.5 Å². The molecule has 0 saturated carbocycles. The van der Waals surface area contributed by atoms with E-state index in [-0.39, 0.29) is 20.8 Å². The fraction of sp³-hybridized carbons (Fsp3) is 0.133. The molecule has 0 radical (unpaired) electrons. The molecule has 1 atom stereocenters. The van der Waals surface area contributed by atoms with Crippen molar-refractivity contribution in [3.63, 3.8) is 0 Å². The normalized spacial score (nSPS) is 11.7. The Bertz CT molecular complexity index is 738. The SMILES string of the molecule is C[C@H](OC(=O)c1ncc(Cl)c(Cl)c1Cl)C(=O)Nc1ccccc1. The van der Waals surface area contributed by atoms with Gasteiger partial charge in [0.05, 0.1) is 15.1 Å². The Morgan fingerprint density at radius 1 is 1.13 bits per heavy atom. The molecule has 5 nitrogen and oxygen atoms in total.